The van der Waals surface area contributed by atoms with E-state index in [1.807, 2.05) is 13.0 Å². The largest absolute Gasteiger partial charge is 0.298 e. The molecule has 0 aliphatic rings. The number of hydrogen-bond acceptors (Lipinski definition) is 1. The van der Waals surface area contributed by atoms with E-state index in [4.69, 9.17) is 11.6 Å². The molecule has 0 saturated heterocycles. The van der Waals surface area contributed by atoms with Gasteiger partial charge in [-0.05, 0) is 43.1 Å². The number of hydrogen-bond donors (Lipinski definition) is 0. The summed E-state index contributed by atoms with van der Waals surface area (Å²) in [6, 6.07) is 4.99. The Morgan fingerprint density at radius 1 is 1.29 bits per heavy atom. The highest BCUT2D eigenvalue weighted by molar-refractivity contribution is 6.18. The van der Waals surface area contributed by atoms with Gasteiger partial charge in [0.1, 0.15) is 5.82 Å². The summed E-state index contributed by atoms with van der Waals surface area (Å²) in [7, 11) is 0. The molecule has 17 heavy (non-hydrogen) atoms. The second kappa shape index (κ2) is 7.67. The molecule has 0 atom stereocenters. The molecule has 0 spiro atoms. The van der Waals surface area contributed by atoms with Gasteiger partial charge in [-0.3, -0.25) is 4.90 Å². The van der Waals surface area contributed by atoms with Crippen molar-refractivity contribution in [3.63, 3.8) is 0 Å². The number of alkyl halides is 1. The highest BCUT2D eigenvalue weighted by Crippen LogP contribution is 2.13. The third-order valence-corrected chi connectivity index (χ3v) is 3.10. The van der Waals surface area contributed by atoms with E-state index < -0.39 is 0 Å². The van der Waals surface area contributed by atoms with Crippen molar-refractivity contribution in [2.45, 2.75) is 33.2 Å². The summed E-state index contributed by atoms with van der Waals surface area (Å²) >= 11 is 5.80. The maximum Gasteiger partial charge on any atom is 0.123 e. The standard InChI is InChI=1S/C14H21ClFN/c1-3-4-8-17(9-7-15)11-13-5-6-14(16)10-12(13)2/h5-6,10H,3-4,7-9,11H2,1-2H3. The van der Waals surface area contributed by atoms with Crippen LogP contribution < -0.4 is 0 Å². The minimum atomic E-state index is -0.163. The van der Waals surface area contributed by atoms with E-state index in [-0.39, 0.29) is 5.82 Å². The van der Waals surface area contributed by atoms with Crippen LogP contribution in [0.15, 0.2) is 18.2 Å². The van der Waals surface area contributed by atoms with Crippen molar-refractivity contribution >= 4 is 11.6 Å². The highest BCUT2D eigenvalue weighted by Gasteiger charge is 2.07. The van der Waals surface area contributed by atoms with Crippen LogP contribution in [-0.2, 0) is 6.54 Å². The molecule has 0 fully saturated rings. The second-order valence-electron chi connectivity index (χ2n) is 4.39. The molecule has 0 aliphatic heterocycles. The Kier molecular flexibility index (Phi) is 6.53. The number of aryl methyl sites for hydroxylation is 1. The van der Waals surface area contributed by atoms with Crippen LogP contribution in [-0.4, -0.2) is 23.9 Å². The third kappa shape index (κ3) is 5.05. The molecule has 0 unspecified atom stereocenters. The first kappa shape index (κ1) is 14.5. The van der Waals surface area contributed by atoms with Gasteiger partial charge in [-0.1, -0.05) is 19.4 Å². The van der Waals surface area contributed by atoms with Crippen LogP contribution in [0.5, 0.6) is 0 Å². The molecule has 0 aliphatic carbocycles. The average Bonchev–Trinajstić information content (AvgIpc) is 2.29. The summed E-state index contributed by atoms with van der Waals surface area (Å²) in [5, 5.41) is 0. The third-order valence-electron chi connectivity index (χ3n) is 2.93. The fourth-order valence-corrected chi connectivity index (χ4v) is 2.09. The lowest BCUT2D eigenvalue weighted by atomic mass is 10.1. The van der Waals surface area contributed by atoms with Crippen LogP contribution in [0.4, 0.5) is 4.39 Å². The van der Waals surface area contributed by atoms with E-state index in [1.165, 1.54) is 24.5 Å². The molecule has 0 aromatic heterocycles. The molecule has 3 heteroatoms. The number of benzene rings is 1. The van der Waals surface area contributed by atoms with Crippen LogP contribution in [0.3, 0.4) is 0 Å². The predicted molar refractivity (Wildman–Crippen MR) is 72.0 cm³/mol. The highest BCUT2D eigenvalue weighted by atomic mass is 35.5. The second-order valence-corrected chi connectivity index (χ2v) is 4.77. The maximum atomic E-state index is 13.0. The number of halogens is 2. The monoisotopic (exact) mass is 257 g/mol. The Labute approximate surface area is 109 Å². The van der Waals surface area contributed by atoms with Gasteiger partial charge in [-0.15, -0.1) is 11.6 Å². The number of rotatable bonds is 7. The summed E-state index contributed by atoms with van der Waals surface area (Å²) < 4.78 is 13.0. The van der Waals surface area contributed by atoms with Gasteiger partial charge in [-0.2, -0.15) is 0 Å². The zero-order valence-corrected chi connectivity index (χ0v) is 11.4. The molecule has 0 saturated carbocycles. The molecule has 1 rings (SSSR count). The Balaban J connectivity index is 2.64. The summed E-state index contributed by atoms with van der Waals surface area (Å²) in [4.78, 5) is 2.33. The summed E-state index contributed by atoms with van der Waals surface area (Å²) in [6.07, 6.45) is 2.36. The molecule has 0 amide bonds. The van der Waals surface area contributed by atoms with E-state index in [0.717, 1.165) is 25.2 Å². The zero-order valence-electron chi connectivity index (χ0n) is 10.7. The van der Waals surface area contributed by atoms with Gasteiger partial charge < -0.3 is 0 Å². The van der Waals surface area contributed by atoms with E-state index >= 15 is 0 Å². The number of nitrogens with zero attached hydrogens (tertiary/aromatic N) is 1. The van der Waals surface area contributed by atoms with Crippen molar-refractivity contribution in [2.75, 3.05) is 19.0 Å². The fourth-order valence-electron chi connectivity index (χ4n) is 1.85. The van der Waals surface area contributed by atoms with Gasteiger partial charge in [0, 0.05) is 19.0 Å². The molecular formula is C14H21ClFN. The zero-order chi connectivity index (χ0) is 12.7. The van der Waals surface area contributed by atoms with E-state index in [2.05, 4.69) is 11.8 Å². The predicted octanol–water partition coefficient (Wildman–Crippen LogP) is 3.98. The Bertz CT molecular complexity index is 341. The quantitative estimate of drug-likeness (QED) is 0.668. The average molecular weight is 258 g/mol. The molecule has 0 N–H and O–H groups in total. The summed E-state index contributed by atoms with van der Waals surface area (Å²) in [5.41, 5.74) is 2.20. The smallest absolute Gasteiger partial charge is 0.123 e. The summed E-state index contributed by atoms with van der Waals surface area (Å²) in [6.45, 7) is 6.94. The van der Waals surface area contributed by atoms with Crippen LogP contribution in [0, 0.1) is 12.7 Å². The normalized spacial score (nSPS) is 11.1. The number of unbranched alkanes of at least 4 members (excludes halogenated alkanes) is 1. The molecule has 0 bridgehead atoms. The first-order chi connectivity index (χ1) is 8.17. The van der Waals surface area contributed by atoms with Gasteiger partial charge in [-0.25, -0.2) is 4.39 Å². The molecule has 1 aromatic rings. The molecule has 0 radical (unpaired) electrons. The van der Waals surface area contributed by atoms with Crippen LogP contribution in [0.2, 0.25) is 0 Å². The molecule has 96 valence electrons. The van der Waals surface area contributed by atoms with Crippen molar-refractivity contribution in [1.29, 1.82) is 0 Å². The summed E-state index contributed by atoms with van der Waals surface area (Å²) in [5.74, 6) is 0.480. The van der Waals surface area contributed by atoms with Gasteiger partial charge >= 0.3 is 0 Å². The van der Waals surface area contributed by atoms with Crippen molar-refractivity contribution < 1.29 is 4.39 Å². The van der Waals surface area contributed by atoms with E-state index in [1.54, 1.807) is 6.07 Å². The van der Waals surface area contributed by atoms with E-state index in [9.17, 15) is 4.39 Å². The SMILES string of the molecule is CCCCN(CCCl)Cc1ccc(F)cc1C. The first-order valence-electron chi connectivity index (χ1n) is 6.20. The lowest BCUT2D eigenvalue weighted by molar-refractivity contribution is 0.276. The minimum Gasteiger partial charge on any atom is -0.298 e. The Morgan fingerprint density at radius 3 is 2.65 bits per heavy atom. The molecule has 1 aromatic carbocycles. The molecule has 1 nitrogen and oxygen atoms in total. The van der Waals surface area contributed by atoms with Crippen LogP contribution >= 0.6 is 11.6 Å². The van der Waals surface area contributed by atoms with Crippen LogP contribution in [0.25, 0.3) is 0 Å². The fraction of sp³-hybridized carbons (Fsp3) is 0.571. The van der Waals surface area contributed by atoms with Gasteiger partial charge in [0.2, 0.25) is 0 Å². The lowest BCUT2D eigenvalue weighted by Gasteiger charge is -2.22. The Morgan fingerprint density at radius 2 is 2.06 bits per heavy atom. The van der Waals surface area contributed by atoms with Gasteiger partial charge in [0.15, 0.2) is 0 Å². The lowest BCUT2D eigenvalue weighted by Crippen LogP contribution is -2.26. The topological polar surface area (TPSA) is 3.24 Å². The van der Waals surface area contributed by atoms with Crippen molar-refractivity contribution in [1.82, 2.24) is 4.90 Å². The van der Waals surface area contributed by atoms with Crippen molar-refractivity contribution in [3.8, 4) is 0 Å². The molecular weight excluding hydrogens is 237 g/mol. The molecule has 0 heterocycles. The van der Waals surface area contributed by atoms with Crippen molar-refractivity contribution in [3.05, 3.63) is 35.1 Å². The Hall–Kier alpha value is -0.600. The van der Waals surface area contributed by atoms with E-state index in [0.29, 0.717) is 5.88 Å². The van der Waals surface area contributed by atoms with Crippen LogP contribution in [0.1, 0.15) is 30.9 Å². The van der Waals surface area contributed by atoms with Crippen molar-refractivity contribution in [2.24, 2.45) is 0 Å². The maximum absolute atomic E-state index is 13.0. The minimum absolute atomic E-state index is 0.163. The van der Waals surface area contributed by atoms with Gasteiger partial charge in [0.25, 0.3) is 0 Å². The first-order valence-corrected chi connectivity index (χ1v) is 6.74. The van der Waals surface area contributed by atoms with Gasteiger partial charge in [0.05, 0.1) is 0 Å².